The number of nitriles is 1. The summed E-state index contributed by atoms with van der Waals surface area (Å²) in [5.41, 5.74) is 1.89. The second-order valence-corrected chi connectivity index (χ2v) is 8.53. The largest absolute Gasteiger partial charge is 0.198 e. The number of hydrogen-bond donors (Lipinski definition) is 0. The minimum Gasteiger partial charge on any atom is -0.198 e. The first-order valence-electron chi connectivity index (χ1n) is 9.27. The summed E-state index contributed by atoms with van der Waals surface area (Å²) in [5.74, 6) is 0.228. The number of hydrogen-bond acceptors (Lipinski definition) is 2. The van der Waals surface area contributed by atoms with E-state index < -0.39 is 0 Å². The summed E-state index contributed by atoms with van der Waals surface area (Å²) in [6, 6.07) is 34.4. The van der Waals surface area contributed by atoms with E-state index in [-0.39, 0.29) is 16.7 Å². The molecule has 130 valence electrons. The molecule has 2 heteroatoms. The van der Waals surface area contributed by atoms with Crippen molar-refractivity contribution < 1.29 is 0 Å². The van der Waals surface area contributed by atoms with Crippen LogP contribution in [-0.2, 0) is 5.41 Å². The Labute approximate surface area is 164 Å². The smallest absolute Gasteiger partial charge is 0.0837 e. The predicted molar refractivity (Wildman–Crippen MR) is 110 cm³/mol. The zero-order chi connectivity index (χ0) is 18.3. The molecule has 1 nitrogen and oxygen atoms in total. The molecular weight excluding hydrogens is 346 g/mol. The Morgan fingerprint density at radius 2 is 1.30 bits per heavy atom. The Bertz CT molecular complexity index is 994. The van der Waals surface area contributed by atoms with E-state index in [1.807, 2.05) is 18.2 Å². The summed E-state index contributed by atoms with van der Waals surface area (Å²) >= 11 is 1.80. The molecule has 0 amide bonds. The summed E-state index contributed by atoms with van der Waals surface area (Å²) in [5, 5.41) is 10.3. The Morgan fingerprint density at radius 1 is 0.778 bits per heavy atom. The van der Waals surface area contributed by atoms with Gasteiger partial charge in [-0.1, -0.05) is 96.7 Å². The molecule has 0 heterocycles. The molecule has 3 aromatic carbocycles. The highest BCUT2D eigenvalue weighted by atomic mass is 32.2. The Balaban J connectivity index is 1.60. The van der Waals surface area contributed by atoms with Crippen molar-refractivity contribution >= 4 is 11.8 Å². The van der Waals surface area contributed by atoms with Gasteiger partial charge in [0.25, 0.3) is 0 Å². The maximum absolute atomic E-state index is 10.3. The molecule has 0 spiro atoms. The molecular formula is C25H19NS. The van der Waals surface area contributed by atoms with Gasteiger partial charge in [0.05, 0.1) is 11.5 Å². The summed E-state index contributed by atoms with van der Waals surface area (Å²) in [6.07, 6.45) is 3.18. The van der Waals surface area contributed by atoms with Crippen LogP contribution in [0.4, 0.5) is 0 Å². The zero-order valence-corrected chi connectivity index (χ0v) is 15.7. The first-order valence-corrected chi connectivity index (χ1v) is 10.1. The Morgan fingerprint density at radius 3 is 1.78 bits per heavy atom. The number of allylic oxidation sites excluding steroid dienone is 2. The van der Waals surface area contributed by atoms with Gasteiger partial charge >= 0.3 is 0 Å². The summed E-state index contributed by atoms with van der Waals surface area (Å²) in [4.78, 5) is 2.55. The van der Waals surface area contributed by atoms with Crippen molar-refractivity contribution in [2.45, 2.75) is 16.7 Å². The van der Waals surface area contributed by atoms with Crippen LogP contribution in [0.15, 0.2) is 107 Å². The van der Waals surface area contributed by atoms with Crippen molar-refractivity contribution in [3.05, 3.63) is 113 Å². The fourth-order valence-corrected chi connectivity index (χ4v) is 6.05. The van der Waals surface area contributed by atoms with Crippen LogP contribution in [0.5, 0.6) is 0 Å². The van der Waals surface area contributed by atoms with Crippen LogP contribution in [0.2, 0.25) is 0 Å². The molecule has 2 aliphatic carbocycles. The number of benzene rings is 3. The fourth-order valence-electron chi connectivity index (χ4n) is 4.95. The number of nitrogens with zero attached hydrogens (tertiary/aromatic N) is 1. The van der Waals surface area contributed by atoms with Crippen molar-refractivity contribution in [1.29, 1.82) is 5.26 Å². The van der Waals surface area contributed by atoms with Gasteiger partial charge in [0, 0.05) is 16.2 Å². The van der Waals surface area contributed by atoms with Gasteiger partial charge in [-0.15, -0.1) is 0 Å². The van der Waals surface area contributed by atoms with Gasteiger partial charge in [-0.3, -0.25) is 0 Å². The SMILES string of the molecule is N#C[C@]12CC(Sc3ccccc3)=C[C@H]1C2(c1ccccc1)c1ccccc1. The Hall–Kier alpha value is -2.76. The molecule has 1 fully saturated rings. The monoisotopic (exact) mass is 365 g/mol. The van der Waals surface area contributed by atoms with Gasteiger partial charge in [0.15, 0.2) is 0 Å². The third-order valence-corrected chi connectivity index (χ3v) is 7.12. The molecule has 2 aliphatic rings. The fraction of sp³-hybridized carbons (Fsp3) is 0.160. The second kappa shape index (κ2) is 6.15. The molecule has 0 saturated heterocycles. The average molecular weight is 366 g/mol. The first kappa shape index (κ1) is 16.4. The maximum Gasteiger partial charge on any atom is 0.0837 e. The van der Waals surface area contributed by atoms with Gasteiger partial charge in [-0.2, -0.15) is 5.26 Å². The lowest BCUT2D eigenvalue weighted by Crippen LogP contribution is -2.20. The first-order chi connectivity index (χ1) is 13.3. The van der Waals surface area contributed by atoms with Crippen molar-refractivity contribution in [3.8, 4) is 6.07 Å². The van der Waals surface area contributed by atoms with Gasteiger partial charge < -0.3 is 0 Å². The highest BCUT2D eigenvalue weighted by Crippen LogP contribution is 2.79. The number of rotatable bonds is 4. The lowest BCUT2D eigenvalue weighted by atomic mass is 9.78. The van der Waals surface area contributed by atoms with E-state index in [0.29, 0.717) is 0 Å². The zero-order valence-electron chi connectivity index (χ0n) is 14.9. The minimum atomic E-state index is -0.382. The summed E-state index contributed by atoms with van der Waals surface area (Å²) < 4.78 is 0. The highest BCUT2D eigenvalue weighted by molar-refractivity contribution is 8.03. The molecule has 5 rings (SSSR count). The van der Waals surface area contributed by atoms with E-state index >= 15 is 0 Å². The average Bonchev–Trinajstić information content (AvgIpc) is 3.11. The highest BCUT2D eigenvalue weighted by Gasteiger charge is 2.79. The maximum atomic E-state index is 10.3. The van der Waals surface area contributed by atoms with E-state index in [1.165, 1.54) is 20.9 Å². The van der Waals surface area contributed by atoms with Gasteiger partial charge in [0.1, 0.15) is 0 Å². The minimum absolute atomic E-state index is 0.228. The van der Waals surface area contributed by atoms with Gasteiger partial charge in [0.2, 0.25) is 0 Å². The number of fused-ring (bicyclic) bond motifs is 1. The van der Waals surface area contributed by atoms with Gasteiger partial charge in [-0.05, 0) is 34.6 Å². The molecule has 27 heavy (non-hydrogen) atoms. The van der Waals surface area contributed by atoms with Crippen molar-refractivity contribution in [2.75, 3.05) is 0 Å². The lowest BCUT2D eigenvalue weighted by molar-refractivity contribution is 0.581. The Kier molecular flexibility index (Phi) is 3.74. The molecule has 0 unspecified atom stereocenters. The second-order valence-electron chi connectivity index (χ2n) is 7.33. The van der Waals surface area contributed by atoms with Crippen LogP contribution in [0.3, 0.4) is 0 Å². The van der Waals surface area contributed by atoms with Crippen molar-refractivity contribution in [1.82, 2.24) is 0 Å². The molecule has 0 N–H and O–H groups in total. The molecule has 2 atom stereocenters. The molecule has 1 saturated carbocycles. The number of thioether (sulfide) groups is 1. The summed E-state index contributed by atoms with van der Waals surface area (Å²) in [7, 11) is 0. The van der Waals surface area contributed by atoms with Crippen LogP contribution < -0.4 is 0 Å². The van der Waals surface area contributed by atoms with Crippen LogP contribution in [-0.4, -0.2) is 0 Å². The van der Waals surface area contributed by atoms with E-state index in [2.05, 4.69) is 84.9 Å². The third-order valence-electron chi connectivity index (χ3n) is 6.07. The van der Waals surface area contributed by atoms with E-state index in [1.54, 1.807) is 11.8 Å². The van der Waals surface area contributed by atoms with Crippen molar-refractivity contribution in [3.63, 3.8) is 0 Å². The van der Waals surface area contributed by atoms with Crippen LogP contribution in [0.1, 0.15) is 17.5 Å². The van der Waals surface area contributed by atoms with Crippen molar-refractivity contribution in [2.24, 2.45) is 11.3 Å². The molecule has 0 aliphatic heterocycles. The van der Waals surface area contributed by atoms with E-state index in [9.17, 15) is 5.26 Å². The van der Waals surface area contributed by atoms with E-state index in [4.69, 9.17) is 0 Å². The summed E-state index contributed by atoms with van der Waals surface area (Å²) in [6.45, 7) is 0. The van der Waals surface area contributed by atoms with Gasteiger partial charge in [-0.25, -0.2) is 0 Å². The van der Waals surface area contributed by atoms with Crippen LogP contribution >= 0.6 is 11.8 Å². The third kappa shape index (κ3) is 2.25. The molecule has 3 aromatic rings. The van der Waals surface area contributed by atoms with Crippen LogP contribution in [0.25, 0.3) is 0 Å². The normalized spacial score (nSPS) is 24.6. The predicted octanol–water partition coefficient (Wildman–Crippen LogP) is 6.19. The van der Waals surface area contributed by atoms with E-state index in [0.717, 1.165) is 6.42 Å². The lowest BCUT2D eigenvalue weighted by Gasteiger charge is -2.24. The topological polar surface area (TPSA) is 23.8 Å². The quantitative estimate of drug-likeness (QED) is 0.550. The molecule has 0 radical (unpaired) electrons. The standard InChI is InChI=1S/C25H19NS/c26-18-24-17-22(27-21-14-8-3-9-15-21)16-23(24)25(24,19-10-4-1-5-11-19)20-12-6-2-7-13-20/h1-16,23H,17H2/t23-,24-/m1/s1. The molecule has 0 aromatic heterocycles. The molecule has 0 bridgehead atoms. The van der Waals surface area contributed by atoms with Crippen LogP contribution in [0, 0.1) is 22.7 Å².